The molecule has 0 spiro atoms. The molecule has 0 radical (unpaired) electrons. The molecule has 0 aliphatic heterocycles. The van der Waals surface area contributed by atoms with Crippen molar-refractivity contribution in [1.82, 2.24) is 0 Å². The van der Waals surface area contributed by atoms with Crippen LogP contribution in [0.5, 0.6) is 0 Å². The van der Waals surface area contributed by atoms with Crippen LogP contribution in [-0.4, -0.2) is 0 Å². The number of benzene rings is 4. The number of hydrogen-bond acceptors (Lipinski definition) is 0. The van der Waals surface area contributed by atoms with E-state index in [4.69, 9.17) is 0 Å². The van der Waals surface area contributed by atoms with Gasteiger partial charge in [0.2, 0.25) is 0 Å². The van der Waals surface area contributed by atoms with Gasteiger partial charge in [-0.2, -0.15) is 0 Å². The summed E-state index contributed by atoms with van der Waals surface area (Å²) in [4.78, 5) is 0. The zero-order valence-corrected chi connectivity index (χ0v) is 21.3. The van der Waals surface area contributed by atoms with Crippen molar-refractivity contribution >= 4 is 0 Å². The van der Waals surface area contributed by atoms with Crippen molar-refractivity contribution in [3.8, 4) is 22.3 Å². The normalized spacial score (nSPS) is 13.2. The molecule has 4 aromatic carbocycles. The van der Waals surface area contributed by atoms with Crippen LogP contribution in [0.15, 0.2) is 97.1 Å². The first-order chi connectivity index (χ1) is 13.4. The van der Waals surface area contributed by atoms with Gasteiger partial charge in [-0.05, 0) is 0 Å². The van der Waals surface area contributed by atoms with Gasteiger partial charge in [0.25, 0.3) is 0 Å². The molecule has 0 bridgehead atoms. The molecule has 4 aromatic rings. The van der Waals surface area contributed by atoms with Crippen LogP contribution < -0.4 is 34.0 Å². The summed E-state index contributed by atoms with van der Waals surface area (Å²) in [6, 6.07) is 36.3. The Bertz CT molecular complexity index is 1000. The molecule has 0 N–H and O–H groups in total. The van der Waals surface area contributed by atoms with Crippen molar-refractivity contribution in [3.63, 3.8) is 0 Å². The van der Waals surface area contributed by atoms with Crippen molar-refractivity contribution in [2.24, 2.45) is 0 Å². The second-order valence-electron chi connectivity index (χ2n) is 7.38. The SMILES string of the molecule is [Br-].[Br-].c1ccc2c(c1)-c1ccccc1[CH]2[Zr+2][CH]1c2ccccc2-c2ccccc21. The molecule has 0 aromatic heterocycles. The van der Waals surface area contributed by atoms with Crippen molar-refractivity contribution in [2.75, 3.05) is 0 Å². The van der Waals surface area contributed by atoms with E-state index in [1.165, 1.54) is 22.3 Å². The van der Waals surface area contributed by atoms with Crippen molar-refractivity contribution in [3.05, 3.63) is 119 Å². The van der Waals surface area contributed by atoms with Gasteiger partial charge < -0.3 is 34.0 Å². The predicted octanol–water partition coefficient (Wildman–Crippen LogP) is 0.617. The maximum atomic E-state index is 2.37. The Labute approximate surface area is 204 Å². The van der Waals surface area contributed by atoms with Crippen molar-refractivity contribution < 1.29 is 57.2 Å². The first-order valence-electron chi connectivity index (χ1n) is 9.54. The average molecular weight is 581 g/mol. The third-order valence-electron chi connectivity index (χ3n) is 6.00. The molecule has 29 heavy (non-hydrogen) atoms. The van der Waals surface area contributed by atoms with Gasteiger partial charge >= 0.3 is 172 Å². The summed E-state index contributed by atoms with van der Waals surface area (Å²) >= 11 is -0.828. The summed E-state index contributed by atoms with van der Waals surface area (Å²) in [6.07, 6.45) is 0. The monoisotopic (exact) mass is 578 g/mol. The predicted molar refractivity (Wildman–Crippen MR) is 107 cm³/mol. The minimum absolute atomic E-state index is 0. The molecule has 0 saturated heterocycles. The molecule has 0 atom stereocenters. The van der Waals surface area contributed by atoms with E-state index in [0.29, 0.717) is 7.25 Å². The first kappa shape index (κ1) is 21.0. The van der Waals surface area contributed by atoms with E-state index in [1.807, 2.05) is 0 Å². The van der Waals surface area contributed by atoms with Crippen molar-refractivity contribution in [2.45, 2.75) is 7.25 Å². The molecule has 0 amide bonds. The minimum atomic E-state index is -0.828. The van der Waals surface area contributed by atoms with Gasteiger partial charge in [0.15, 0.2) is 0 Å². The second-order valence-corrected chi connectivity index (χ2v) is 11.0. The molecular weight excluding hydrogens is 563 g/mol. The Hall–Kier alpha value is -1.28. The third kappa shape index (κ3) is 3.27. The summed E-state index contributed by atoms with van der Waals surface area (Å²) in [6.45, 7) is 0. The van der Waals surface area contributed by atoms with Crippen LogP contribution in [0.25, 0.3) is 22.3 Å². The summed E-state index contributed by atoms with van der Waals surface area (Å²) < 4.78 is 1.26. The summed E-state index contributed by atoms with van der Waals surface area (Å²) in [7, 11) is 0. The molecule has 2 aliphatic carbocycles. The first-order valence-corrected chi connectivity index (χ1v) is 12.4. The van der Waals surface area contributed by atoms with E-state index in [-0.39, 0.29) is 34.0 Å². The quantitative estimate of drug-likeness (QED) is 0.326. The van der Waals surface area contributed by atoms with E-state index < -0.39 is 23.2 Å². The Kier molecular flexibility index (Phi) is 6.12. The van der Waals surface area contributed by atoms with E-state index in [0.717, 1.165) is 0 Å². The standard InChI is InChI=1S/2C13H9.2BrH.Zr/c2*1-3-7-12-10(5-1)9-11-6-2-4-8-13(11)12;;;/h2*1-9H;2*1H;/q;;;;+2/p-2. The molecule has 0 saturated carbocycles. The maximum absolute atomic E-state index is 2.37. The van der Waals surface area contributed by atoms with Gasteiger partial charge in [0, 0.05) is 0 Å². The van der Waals surface area contributed by atoms with Crippen LogP contribution in [0, 0.1) is 0 Å². The Morgan fingerprint density at radius 1 is 0.379 bits per heavy atom. The van der Waals surface area contributed by atoms with Gasteiger partial charge in [0.1, 0.15) is 0 Å². The van der Waals surface area contributed by atoms with Gasteiger partial charge in [0.05, 0.1) is 0 Å². The molecule has 3 heteroatoms. The van der Waals surface area contributed by atoms with Crippen LogP contribution in [0.1, 0.15) is 29.5 Å². The van der Waals surface area contributed by atoms with E-state index >= 15 is 0 Å². The summed E-state index contributed by atoms with van der Waals surface area (Å²) in [5.74, 6) is 0. The van der Waals surface area contributed by atoms with Crippen molar-refractivity contribution in [1.29, 1.82) is 0 Å². The number of fused-ring (bicyclic) bond motifs is 6. The average Bonchev–Trinajstić information content (AvgIpc) is 3.23. The molecule has 2 aliphatic rings. The van der Waals surface area contributed by atoms with Crippen LogP contribution in [0.4, 0.5) is 0 Å². The number of halogens is 2. The van der Waals surface area contributed by atoms with Gasteiger partial charge in [-0.3, -0.25) is 0 Å². The molecule has 6 rings (SSSR count). The fourth-order valence-corrected chi connectivity index (χ4v) is 9.90. The van der Waals surface area contributed by atoms with Crippen LogP contribution in [0.2, 0.25) is 0 Å². The van der Waals surface area contributed by atoms with Crippen LogP contribution >= 0.6 is 0 Å². The summed E-state index contributed by atoms with van der Waals surface area (Å²) in [5.41, 5.74) is 12.1. The number of hydrogen-bond donors (Lipinski definition) is 0. The second kappa shape index (κ2) is 8.46. The Morgan fingerprint density at radius 3 is 0.897 bits per heavy atom. The molecular formula is C26H18Br2Zr. The molecule has 0 fully saturated rings. The Balaban J connectivity index is 0.00000102. The van der Waals surface area contributed by atoms with E-state index in [9.17, 15) is 0 Å². The van der Waals surface area contributed by atoms with Gasteiger partial charge in [-0.25, -0.2) is 0 Å². The molecule has 0 unspecified atom stereocenters. The third-order valence-corrected chi connectivity index (χ3v) is 10.7. The molecule has 140 valence electrons. The zero-order chi connectivity index (χ0) is 17.8. The fourth-order valence-electron chi connectivity index (χ4n) is 4.84. The Morgan fingerprint density at radius 2 is 0.621 bits per heavy atom. The zero-order valence-electron chi connectivity index (χ0n) is 15.6. The summed E-state index contributed by atoms with van der Waals surface area (Å²) in [5, 5.41) is 0. The fraction of sp³-hybridized carbons (Fsp3) is 0.0769. The number of rotatable bonds is 2. The van der Waals surface area contributed by atoms with E-state index in [2.05, 4.69) is 97.1 Å². The topological polar surface area (TPSA) is 0 Å². The molecule has 0 heterocycles. The van der Waals surface area contributed by atoms with E-state index in [1.54, 1.807) is 22.3 Å². The molecule has 0 nitrogen and oxygen atoms in total. The van der Waals surface area contributed by atoms with Crippen LogP contribution in [0.3, 0.4) is 0 Å². The van der Waals surface area contributed by atoms with Gasteiger partial charge in [-0.15, -0.1) is 0 Å². The van der Waals surface area contributed by atoms with Crippen LogP contribution in [-0.2, 0) is 23.2 Å². The van der Waals surface area contributed by atoms with Gasteiger partial charge in [-0.1, -0.05) is 0 Å².